The molecule has 102 valence electrons. The molecular weight excluding hydrogens is 389 g/mol. The first-order valence-corrected chi connectivity index (χ1v) is 7.77. The van der Waals surface area contributed by atoms with Gasteiger partial charge in [0.25, 0.3) is 0 Å². The molecule has 1 aliphatic rings. The van der Waals surface area contributed by atoms with Gasteiger partial charge in [-0.2, -0.15) is 0 Å². The summed E-state index contributed by atoms with van der Waals surface area (Å²) in [6.45, 7) is 0. The molecule has 1 atom stereocenters. The average molecular weight is 399 g/mol. The quantitative estimate of drug-likeness (QED) is 0.737. The van der Waals surface area contributed by atoms with Gasteiger partial charge in [-0.25, -0.2) is 4.39 Å². The zero-order valence-electron chi connectivity index (χ0n) is 10.3. The van der Waals surface area contributed by atoms with Gasteiger partial charge in [0.2, 0.25) is 5.91 Å². The Balaban J connectivity index is 1.99. The summed E-state index contributed by atoms with van der Waals surface area (Å²) in [6.07, 6.45) is 0.396. The maximum Gasteiger partial charge on any atom is 0.228 e. The molecule has 3 rings (SSSR count). The standard InChI is InChI=1S/C15H10Br2FNO/c16-12-3-2-10(18)7-11(12)15(17)8-1-4-13-9(5-8)6-14(20)19-13/h1-5,7,15H,6H2,(H,19,20). The molecule has 1 amide bonds. The van der Waals surface area contributed by atoms with Gasteiger partial charge in [0.05, 0.1) is 11.2 Å². The first kappa shape index (κ1) is 13.8. The fourth-order valence-corrected chi connectivity index (χ4v) is 3.74. The van der Waals surface area contributed by atoms with E-state index in [1.807, 2.05) is 18.2 Å². The van der Waals surface area contributed by atoms with Crippen molar-refractivity contribution in [2.45, 2.75) is 11.2 Å². The number of anilines is 1. The first-order chi connectivity index (χ1) is 9.54. The molecule has 20 heavy (non-hydrogen) atoms. The van der Waals surface area contributed by atoms with Crippen LogP contribution in [0.3, 0.4) is 0 Å². The van der Waals surface area contributed by atoms with Crippen molar-refractivity contribution in [2.75, 3.05) is 5.32 Å². The Labute approximate surface area is 132 Å². The monoisotopic (exact) mass is 397 g/mol. The lowest BCUT2D eigenvalue weighted by Crippen LogP contribution is -2.03. The summed E-state index contributed by atoms with van der Waals surface area (Å²) in [4.78, 5) is 11.2. The lowest BCUT2D eigenvalue weighted by molar-refractivity contribution is -0.115. The maximum atomic E-state index is 13.4. The number of fused-ring (bicyclic) bond motifs is 1. The van der Waals surface area contributed by atoms with Crippen LogP contribution >= 0.6 is 31.9 Å². The van der Waals surface area contributed by atoms with E-state index >= 15 is 0 Å². The third kappa shape index (κ3) is 2.52. The summed E-state index contributed by atoms with van der Waals surface area (Å²) in [5.41, 5.74) is 3.65. The third-order valence-electron chi connectivity index (χ3n) is 3.28. The molecule has 0 radical (unpaired) electrons. The second-order valence-corrected chi connectivity index (χ2v) is 6.44. The van der Waals surface area contributed by atoms with Crippen molar-refractivity contribution in [2.24, 2.45) is 0 Å². The smallest absolute Gasteiger partial charge is 0.228 e. The molecule has 2 aromatic carbocycles. The molecule has 0 fully saturated rings. The average Bonchev–Trinajstić information content (AvgIpc) is 2.79. The van der Waals surface area contributed by atoms with Crippen molar-refractivity contribution in [1.29, 1.82) is 0 Å². The number of benzene rings is 2. The van der Waals surface area contributed by atoms with Crippen LogP contribution in [0.15, 0.2) is 40.9 Å². The Morgan fingerprint density at radius 1 is 1.20 bits per heavy atom. The molecule has 2 aromatic rings. The molecular formula is C15H10Br2FNO. The number of hydrogen-bond donors (Lipinski definition) is 1. The van der Waals surface area contributed by atoms with E-state index in [0.29, 0.717) is 6.42 Å². The summed E-state index contributed by atoms with van der Waals surface area (Å²) in [5, 5.41) is 2.80. The van der Waals surface area contributed by atoms with E-state index < -0.39 is 0 Å². The van der Waals surface area contributed by atoms with Gasteiger partial charge in [-0.15, -0.1) is 0 Å². The Kier molecular flexibility index (Phi) is 3.65. The molecule has 1 aliphatic heterocycles. The highest BCUT2D eigenvalue weighted by molar-refractivity contribution is 9.11. The van der Waals surface area contributed by atoms with Crippen LogP contribution < -0.4 is 5.32 Å². The van der Waals surface area contributed by atoms with Crippen molar-refractivity contribution < 1.29 is 9.18 Å². The minimum atomic E-state index is -0.273. The molecule has 0 saturated carbocycles. The van der Waals surface area contributed by atoms with Crippen molar-refractivity contribution in [3.05, 3.63) is 63.4 Å². The number of carbonyl (C=O) groups is 1. The van der Waals surface area contributed by atoms with Crippen LogP contribution in [0.2, 0.25) is 0 Å². The van der Waals surface area contributed by atoms with E-state index in [1.54, 1.807) is 6.07 Å². The van der Waals surface area contributed by atoms with Crippen LogP contribution in [0, 0.1) is 5.82 Å². The van der Waals surface area contributed by atoms with Crippen LogP contribution in [-0.4, -0.2) is 5.91 Å². The van der Waals surface area contributed by atoms with Gasteiger partial charge in [0.15, 0.2) is 0 Å². The number of amides is 1. The summed E-state index contributed by atoms with van der Waals surface area (Å²) in [6, 6.07) is 10.4. The van der Waals surface area contributed by atoms with Crippen molar-refractivity contribution in [3.8, 4) is 0 Å². The molecule has 1 heterocycles. The largest absolute Gasteiger partial charge is 0.326 e. The fourth-order valence-electron chi connectivity index (χ4n) is 2.30. The van der Waals surface area contributed by atoms with Gasteiger partial charge in [0.1, 0.15) is 5.82 Å². The topological polar surface area (TPSA) is 29.1 Å². The molecule has 0 aromatic heterocycles. The third-order valence-corrected chi connectivity index (χ3v) is 5.02. The second kappa shape index (κ2) is 5.30. The summed E-state index contributed by atoms with van der Waals surface area (Å²) >= 11 is 7.04. The Morgan fingerprint density at radius 3 is 2.80 bits per heavy atom. The highest BCUT2D eigenvalue weighted by Gasteiger charge is 2.21. The van der Waals surface area contributed by atoms with E-state index in [2.05, 4.69) is 37.2 Å². The predicted molar refractivity (Wildman–Crippen MR) is 83.6 cm³/mol. The molecule has 0 aliphatic carbocycles. The molecule has 1 unspecified atom stereocenters. The lowest BCUT2D eigenvalue weighted by Gasteiger charge is -2.14. The van der Waals surface area contributed by atoms with Gasteiger partial charge in [-0.05, 0) is 41.0 Å². The first-order valence-electron chi connectivity index (χ1n) is 6.06. The van der Waals surface area contributed by atoms with Crippen LogP contribution in [0.1, 0.15) is 21.5 Å². The highest BCUT2D eigenvalue weighted by Crippen LogP contribution is 2.37. The number of hydrogen-bond acceptors (Lipinski definition) is 1. The van der Waals surface area contributed by atoms with Crippen LogP contribution in [-0.2, 0) is 11.2 Å². The Morgan fingerprint density at radius 2 is 2.00 bits per heavy atom. The number of rotatable bonds is 2. The SMILES string of the molecule is O=C1Cc2cc(C(Br)c3cc(F)ccc3Br)ccc2N1. The molecule has 5 heteroatoms. The molecule has 2 nitrogen and oxygen atoms in total. The van der Waals surface area contributed by atoms with Crippen LogP contribution in [0.5, 0.6) is 0 Å². The van der Waals surface area contributed by atoms with Gasteiger partial charge >= 0.3 is 0 Å². The van der Waals surface area contributed by atoms with E-state index in [0.717, 1.165) is 26.9 Å². The summed E-state index contributed by atoms with van der Waals surface area (Å²) in [5.74, 6) is -0.263. The minimum absolute atomic E-state index is 0.00945. The molecule has 0 spiro atoms. The Hall–Kier alpha value is -1.20. The van der Waals surface area contributed by atoms with E-state index in [-0.39, 0.29) is 16.6 Å². The zero-order chi connectivity index (χ0) is 14.3. The predicted octanol–water partition coefficient (Wildman–Crippen LogP) is 4.57. The van der Waals surface area contributed by atoms with Gasteiger partial charge < -0.3 is 5.32 Å². The number of carbonyl (C=O) groups excluding carboxylic acids is 1. The van der Waals surface area contributed by atoms with Gasteiger partial charge in [-0.1, -0.05) is 44.0 Å². The van der Waals surface area contributed by atoms with E-state index in [4.69, 9.17) is 0 Å². The van der Waals surface area contributed by atoms with Gasteiger partial charge in [0, 0.05) is 10.2 Å². The highest BCUT2D eigenvalue weighted by atomic mass is 79.9. The Bertz CT molecular complexity index is 702. The van der Waals surface area contributed by atoms with E-state index in [1.165, 1.54) is 12.1 Å². The summed E-state index contributed by atoms with van der Waals surface area (Å²) < 4.78 is 14.2. The lowest BCUT2D eigenvalue weighted by atomic mass is 10.0. The van der Waals surface area contributed by atoms with Crippen LogP contribution in [0.25, 0.3) is 0 Å². The van der Waals surface area contributed by atoms with Crippen molar-refractivity contribution >= 4 is 43.5 Å². The minimum Gasteiger partial charge on any atom is -0.326 e. The van der Waals surface area contributed by atoms with Crippen molar-refractivity contribution in [3.63, 3.8) is 0 Å². The molecule has 0 bridgehead atoms. The summed E-state index contributed by atoms with van der Waals surface area (Å²) in [7, 11) is 0. The van der Waals surface area contributed by atoms with Crippen LogP contribution in [0.4, 0.5) is 10.1 Å². The fraction of sp³-hybridized carbons (Fsp3) is 0.133. The molecule has 0 saturated heterocycles. The van der Waals surface area contributed by atoms with E-state index in [9.17, 15) is 9.18 Å². The number of halogens is 3. The number of alkyl halides is 1. The van der Waals surface area contributed by atoms with Crippen molar-refractivity contribution in [1.82, 2.24) is 0 Å². The number of nitrogens with one attached hydrogen (secondary N) is 1. The normalized spacial score (nSPS) is 14.8. The maximum absolute atomic E-state index is 13.4. The molecule has 1 N–H and O–H groups in total. The van der Waals surface area contributed by atoms with Gasteiger partial charge in [-0.3, -0.25) is 4.79 Å². The second-order valence-electron chi connectivity index (χ2n) is 4.67. The zero-order valence-corrected chi connectivity index (χ0v) is 13.5.